The number of fused-ring (bicyclic) bond motifs is 1. The van der Waals surface area contributed by atoms with Crippen molar-refractivity contribution in [3.8, 4) is 0 Å². The smallest absolute Gasteiger partial charge is 0.219 e. The number of nitrogens with zero attached hydrogens (tertiary/aromatic N) is 2. The monoisotopic (exact) mass is 404 g/mol. The Morgan fingerprint density at radius 3 is 2.50 bits per heavy atom. The third kappa shape index (κ3) is 3.25. The Labute approximate surface area is 153 Å². The Morgan fingerprint density at radius 1 is 1.08 bits per heavy atom. The van der Waals surface area contributed by atoms with Gasteiger partial charge in [0.15, 0.2) is 0 Å². The molecular formula is C19H22BrN2OP. The standard InChI is InChI=1S/C19H22BrN2OP/c20-14-19(16-8-3-1-4-9-16)23-24-21-13-7-12-18(21)15-22(24)17-10-5-2-6-11-17/h1-6,8-11,18-19H,7,12-15H2/t18-,19?,24?/m0/s1. The van der Waals surface area contributed by atoms with Gasteiger partial charge in [0.2, 0.25) is 8.45 Å². The first-order valence-electron chi connectivity index (χ1n) is 8.53. The van der Waals surface area contributed by atoms with Crippen LogP contribution in [-0.2, 0) is 4.52 Å². The van der Waals surface area contributed by atoms with Crippen molar-refractivity contribution in [2.45, 2.75) is 25.0 Å². The van der Waals surface area contributed by atoms with Crippen molar-refractivity contribution in [2.75, 3.05) is 23.1 Å². The molecule has 3 nitrogen and oxygen atoms in total. The number of alkyl halides is 1. The maximum absolute atomic E-state index is 6.70. The van der Waals surface area contributed by atoms with Gasteiger partial charge in [-0.1, -0.05) is 64.5 Å². The normalized spacial score (nSPS) is 25.0. The number of anilines is 1. The summed E-state index contributed by atoms with van der Waals surface area (Å²) in [4.78, 5) is 0. The van der Waals surface area contributed by atoms with Crippen LogP contribution in [0.2, 0.25) is 0 Å². The van der Waals surface area contributed by atoms with Gasteiger partial charge in [-0.25, -0.2) is 4.67 Å². The average molecular weight is 405 g/mol. The van der Waals surface area contributed by atoms with E-state index in [4.69, 9.17) is 4.52 Å². The maximum Gasteiger partial charge on any atom is 0.219 e. The molecule has 0 spiro atoms. The molecule has 0 saturated carbocycles. The lowest BCUT2D eigenvalue weighted by molar-refractivity contribution is 0.239. The van der Waals surface area contributed by atoms with Crippen LogP contribution in [0.4, 0.5) is 5.69 Å². The van der Waals surface area contributed by atoms with E-state index in [9.17, 15) is 0 Å². The van der Waals surface area contributed by atoms with Crippen molar-refractivity contribution in [3.05, 3.63) is 66.2 Å². The second-order valence-electron chi connectivity index (χ2n) is 6.29. The van der Waals surface area contributed by atoms with Gasteiger partial charge in [-0.2, -0.15) is 0 Å². The third-order valence-corrected chi connectivity index (χ3v) is 7.55. The Balaban J connectivity index is 1.60. The van der Waals surface area contributed by atoms with Crippen LogP contribution in [0.5, 0.6) is 0 Å². The summed E-state index contributed by atoms with van der Waals surface area (Å²) in [5, 5.41) is 0.816. The molecule has 0 bridgehead atoms. The van der Waals surface area contributed by atoms with E-state index in [2.05, 4.69) is 85.9 Å². The fourth-order valence-corrected chi connectivity index (χ4v) is 6.61. The second-order valence-corrected chi connectivity index (χ2v) is 8.65. The van der Waals surface area contributed by atoms with Crippen LogP contribution in [0.1, 0.15) is 24.5 Å². The van der Waals surface area contributed by atoms with Gasteiger partial charge in [0.25, 0.3) is 0 Å². The van der Waals surface area contributed by atoms with E-state index in [-0.39, 0.29) is 6.10 Å². The number of hydrogen-bond donors (Lipinski definition) is 0. The molecule has 2 aliphatic heterocycles. The minimum absolute atomic E-state index is 0.0860. The Morgan fingerprint density at radius 2 is 1.79 bits per heavy atom. The number of benzene rings is 2. The van der Waals surface area contributed by atoms with Crippen molar-refractivity contribution in [2.24, 2.45) is 0 Å². The number of para-hydroxylation sites is 1. The zero-order chi connectivity index (χ0) is 16.4. The molecular weight excluding hydrogens is 383 g/mol. The predicted molar refractivity (Wildman–Crippen MR) is 104 cm³/mol. The topological polar surface area (TPSA) is 15.7 Å². The lowest BCUT2D eigenvalue weighted by atomic mass is 10.1. The fourth-order valence-electron chi connectivity index (χ4n) is 3.52. The van der Waals surface area contributed by atoms with Gasteiger partial charge < -0.3 is 9.19 Å². The first kappa shape index (κ1) is 16.5. The second kappa shape index (κ2) is 7.53. The van der Waals surface area contributed by atoms with Crippen LogP contribution in [0.15, 0.2) is 60.7 Å². The van der Waals surface area contributed by atoms with Crippen LogP contribution in [0, 0.1) is 0 Å². The van der Waals surface area contributed by atoms with Crippen molar-refractivity contribution < 1.29 is 4.52 Å². The summed E-state index contributed by atoms with van der Waals surface area (Å²) >= 11 is 3.66. The first-order valence-corrected chi connectivity index (χ1v) is 10.8. The minimum Gasteiger partial charge on any atom is -0.318 e. The van der Waals surface area contributed by atoms with Crippen molar-refractivity contribution in [3.63, 3.8) is 0 Å². The molecule has 5 heteroatoms. The highest BCUT2D eigenvalue weighted by Crippen LogP contribution is 2.59. The lowest BCUT2D eigenvalue weighted by Gasteiger charge is -2.32. The highest BCUT2D eigenvalue weighted by atomic mass is 79.9. The molecule has 2 saturated heterocycles. The lowest BCUT2D eigenvalue weighted by Crippen LogP contribution is -2.20. The van der Waals surface area contributed by atoms with Crippen LogP contribution < -0.4 is 4.67 Å². The van der Waals surface area contributed by atoms with Crippen LogP contribution in [0.3, 0.4) is 0 Å². The van der Waals surface area contributed by atoms with Crippen LogP contribution in [-0.4, -0.2) is 29.1 Å². The van der Waals surface area contributed by atoms with Crippen molar-refractivity contribution >= 4 is 30.1 Å². The van der Waals surface area contributed by atoms with Crippen molar-refractivity contribution in [1.29, 1.82) is 0 Å². The summed E-state index contributed by atoms with van der Waals surface area (Å²) in [5.41, 5.74) is 2.52. The fraction of sp³-hybridized carbons (Fsp3) is 0.368. The number of rotatable bonds is 5. The molecule has 2 heterocycles. The highest BCUT2D eigenvalue weighted by Gasteiger charge is 2.45. The summed E-state index contributed by atoms with van der Waals surface area (Å²) in [7, 11) is -0.757. The molecule has 2 aliphatic rings. The SMILES string of the molecule is BrCC(OP1N(c2ccccc2)C[C@@H]2CCCN21)c1ccccc1. The average Bonchev–Trinajstić information content (AvgIpc) is 3.23. The summed E-state index contributed by atoms with van der Waals surface area (Å²) in [6.07, 6.45) is 2.67. The Hall–Kier alpha value is -0.930. The molecule has 0 radical (unpaired) electrons. The molecule has 0 amide bonds. The van der Waals surface area contributed by atoms with E-state index in [0.717, 1.165) is 18.4 Å². The van der Waals surface area contributed by atoms with Crippen molar-refractivity contribution in [1.82, 2.24) is 4.67 Å². The molecule has 2 aromatic carbocycles. The van der Waals surface area contributed by atoms with Crippen LogP contribution >= 0.6 is 24.4 Å². The summed E-state index contributed by atoms with van der Waals surface area (Å²) in [6.45, 7) is 2.24. The molecule has 3 atom stereocenters. The third-order valence-electron chi connectivity index (χ3n) is 4.74. The molecule has 4 rings (SSSR count). The predicted octanol–water partition coefficient (Wildman–Crippen LogP) is 5.35. The minimum atomic E-state index is -0.757. The maximum atomic E-state index is 6.70. The molecule has 2 aromatic rings. The van der Waals surface area contributed by atoms with Gasteiger partial charge >= 0.3 is 0 Å². The summed E-state index contributed by atoms with van der Waals surface area (Å²) < 4.78 is 11.8. The van der Waals surface area contributed by atoms with Gasteiger partial charge in [0.1, 0.15) is 0 Å². The van der Waals surface area contributed by atoms with Gasteiger partial charge in [-0.15, -0.1) is 0 Å². The van der Waals surface area contributed by atoms with Gasteiger partial charge in [0.05, 0.1) is 6.10 Å². The van der Waals surface area contributed by atoms with Gasteiger partial charge in [-0.3, -0.25) is 0 Å². The van der Waals surface area contributed by atoms with E-state index in [0.29, 0.717) is 6.04 Å². The molecule has 2 fully saturated rings. The molecule has 0 N–H and O–H groups in total. The quantitative estimate of drug-likeness (QED) is 0.493. The summed E-state index contributed by atoms with van der Waals surface area (Å²) in [6, 6.07) is 21.9. The van der Waals surface area contributed by atoms with E-state index in [1.807, 2.05) is 0 Å². The van der Waals surface area contributed by atoms with E-state index < -0.39 is 8.45 Å². The molecule has 24 heavy (non-hydrogen) atoms. The number of halogens is 1. The first-order chi connectivity index (χ1) is 11.9. The van der Waals surface area contributed by atoms with Crippen LogP contribution in [0.25, 0.3) is 0 Å². The largest absolute Gasteiger partial charge is 0.318 e. The van der Waals surface area contributed by atoms with Gasteiger partial charge in [0, 0.05) is 30.1 Å². The zero-order valence-electron chi connectivity index (χ0n) is 13.6. The molecule has 0 aromatic heterocycles. The molecule has 2 unspecified atom stereocenters. The molecule has 126 valence electrons. The molecule has 0 aliphatic carbocycles. The number of hydrogen-bond acceptors (Lipinski definition) is 3. The Kier molecular flexibility index (Phi) is 5.19. The van der Waals surface area contributed by atoms with E-state index in [1.54, 1.807) is 0 Å². The van der Waals surface area contributed by atoms with Gasteiger partial charge in [-0.05, 0) is 30.5 Å². The Bertz CT molecular complexity index is 657. The van der Waals surface area contributed by atoms with E-state index >= 15 is 0 Å². The highest BCUT2D eigenvalue weighted by molar-refractivity contribution is 9.09. The summed E-state index contributed by atoms with van der Waals surface area (Å²) in [5.74, 6) is 0. The van der Waals surface area contributed by atoms with E-state index in [1.165, 1.54) is 24.1 Å². The zero-order valence-corrected chi connectivity index (χ0v) is 16.1.